The summed E-state index contributed by atoms with van der Waals surface area (Å²) in [6.07, 6.45) is 0. The third-order valence-electron chi connectivity index (χ3n) is 6.09. The summed E-state index contributed by atoms with van der Waals surface area (Å²) in [5.74, 6) is 0. The third-order valence-corrected chi connectivity index (χ3v) is 11.0. The molecular formula is C36H30ArP2Pd. The van der Waals surface area contributed by atoms with Crippen molar-refractivity contribution < 1.29 is 58.2 Å². The Kier molecular flexibility index (Phi) is 14.5. The fourth-order valence-electron chi connectivity index (χ4n) is 4.36. The van der Waals surface area contributed by atoms with Crippen molar-refractivity contribution in [2.45, 2.75) is 0 Å². The average Bonchev–Trinajstić information content (AvgIpc) is 3.01. The standard InChI is InChI=1S/2C18H15P.Ar.Pd/c2*1-4-10-16(11-5-1)19(17-12-6-2-7-13-17)18-14-8-3-9-15-18;;/h2*1-15H;;. The summed E-state index contributed by atoms with van der Waals surface area (Å²) in [6, 6.07) is 64.7. The molecule has 0 amide bonds. The fraction of sp³-hybridized carbons (Fsp3) is 0. The second kappa shape index (κ2) is 17.8. The van der Waals surface area contributed by atoms with Crippen LogP contribution in [-0.4, -0.2) is 0 Å². The van der Waals surface area contributed by atoms with Gasteiger partial charge in [-0.25, -0.2) is 0 Å². The maximum atomic E-state index is 2.23. The first-order chi connectivity index (χ1) is 18.9. The van der Waals surface area contributed by atoms with Crippen LogP contribution in [0.5, 0.6) is 0 Å². The van der Waals surface area contributed by atoms with E-state index in [1.807, 2.05) is 0 Å². The molecule has 6 aromatic rings. The molecule has 0 spiro atoms. The van der Waals surface area contributed by atoms with Gasteiger partial charge in [0.2, 0.25) is 0 Å². The minimum atomic E-state index is -0.446. The van der Waals surface area contributed by atoms with E-state index in [9.17, 15) is 0 Å². The minimum Gasteiger partial charge on any atom is -0.0622 e. The average molecular weight is 671 g/mol. The van der Waals surface area contributed by atoms with E-state index >= 15 is 0 Å². The quantitative estimate of drug-likeness (QED) is 0.134. The molecule has 0 unspecified atom stereocenters. The predicted molar refractivity (Wildman–Crippen MR) is 170 cm³/mol. The van der Waals surface area contributed by atoms with Crippen molar-refractivity contribution in [3.63, 3.8) is 0 Å². The molecule has 0 aliphatic heterocycles. The summed E-state index contributed by atoms with van der Waals surface area (Å²) in [6.45, 7) is 0. The number of hydrogen-bond donors (Lipinski definition) is 0. The minimum absolute atomic E-state index is 0. The van der Waals surface area contributed by atoms with E-state index in [4.69, 9.17) is 0 Å². The molecule has 0 aliphatic rings. The molecule has 40 heavy (non-hydrogen) atoms. The van der Waals surface area contributed by atoms with E-state index in [2.05, 4.69) is 182 Å². The zero-order valence-corrected chi connectivity index (χ0v) is 25.9. The molecule has 0 heterocycles. The van der Waals surface area contributed by atoms with Gasteiger partial charge in [0.25, 0.3) is 0 Å². The van der Waals surface area contributed by atoms with Gasteiger partial charge in [0, 0.05) is 58.2 Å². The van der Waals surface area contributed by atoms with Gasteiger partial charge < -0.3 is 0 Å². The van der Waals surface area contributed by atoms with Crippen LogP contribution in [0.4, 0.5) is 0 Å². The van der Waals surface area contributed by atoms with Crippen LogP contribution in [-0.2, 0) is 20.4 Å². The Morgan fingerprint density at radius 1 is 0.225 bits per heavy atom. The summed E-state index contributed by atoms with van der Waals surface area (Å²) < 4.78 is 0. The van der Waals surface area contributed by atoms with E-state index in [0.717, 1.165) is 0 Å². The van der Waals surface area contributed by atoms with Crippen LogP contribution >= 0.6 is 15.8 Å². The van der Waals surface area contributed by atoms with Crippen LogP contribution in [0.3, 0.4) is 0 Å². The van der Waals surface area contributed by atoms with Gasteiger partial charge in [0.1, 0.15) is 0 Å². The molecule has 6 aromatic carbocycles. The Morgan fingerprint density at radius 2 is 0.350 bits per heavy atom. The zero-order valence-electron chi connectivity index (χ0n) is 21.9. The fourth-order valence-corrected chi connectivity index (χ4v) is 8.97. The van der Waals surface area contributed by atoms with E-state index in [1.54, 1.807) is 0 Å². The van der Waals surface area contributed by atoms with Gasteiger partial charge in [-0.2, -0.15) is 0 Å². The van der Waals surface area contributed by atoms with E-state index in [1.165, 1.54) is 31.8 Å². The first kappa shape index (κ1) is 32.6. The zero-order chi connectivity index (χ0) is 25.8. The van der Waals surface area contributed by atoms with Crippen molar-refractivity contribution in [3.8, 4) is 0 Å². The van der Waals surface area contributed by atoms with Crippen molar-refractivity contribution in [1.82, 2.24) is 0 Å². The normalized spacial score (nSPS) is 10.1. The van der Waals surface area contributed by atoms with Gasteiger partial charge in [0.05, 0.1) is 0 Å². The van der Waals surface area contributed by atoms with Crippen molar-refractivity contribution in [3.05, 3.63) is 182 Å². The molecule has 0 atom stereocenters. The molecule has 0 saturated carbocycles. The van der Waals surface area contributed by atoms with Gasteiger partial charge in [-0.1, -0.05) is 182 Å². The Labute approximate surface area is 285 Å². The first-order valence-electron chi connectivity index (χ1n) is 12.8. The molecule has 202 valence electrons. The van der Waals surface area contributed by atoms with E-state index < -0.39 is 15.8 Å². The Morgan fingerprint density at radius 3 is 0.475 bits per heavy atom. The Balaban J connectivity index is 0.000000210. The summed E-state index contributed by atoms with van der Waals surface area (Å²) in [4.78, 5) is 0. The van der Waals surface area contributed by atoms with Crippen molar-refractivity contribution in [2.75, 3.05) is 0 Å². The molecule has 0 aromatic heterocycles. The Bertz CT molecular complexity index is 1180. The summed E-state index contributed by atoms with van der Waals surface area (Å²) in [5.41, 5.74) is 0. The number of hydrogen-bond acceptors (Lipinski definition) is 0. The van der Waals surface area contributed by atoms with Crippen molar-refractivity contribution in [2.24, 2.45) is 0 Å². The van der Waals surface area contributed by atoms with Crippen LogP contribution in [0, 0.1) is 37.7 Å². The maximum absolute atomic E-state index is 2.23. The van der Waals surface area contributed by atoms with E-state index in [0.29, 0.717) is 0 Å². The molecule has 0 bridgehead atoms. The SMILES string of the molecule is [Ar].[Pd].c1ccc(P(c2ccccc2)c2ccccc2)cc1.c1ccc(P(c2ccccc2)c2ccccc2)cc1. The largest absolute Gasteiger partial charge is 0.0622 e. The van der Waals surface area contributed by atoms with Gasteiger partial charge in [-0.3, -0.25) is 0 Å². The van der Waals surface area contributed by atoms with Crippen LogP contribution in [0.1, 0.15) is 0 Å². The van der Waals surface area contributed by atoms with Crippen molar-refractivity contribution in [1.29, 1.82) is 0 Å². The number of benzene rings is 6. The summed E-state index contributed by atoms with van der Waals surface area (Å²) >= 11 is 0. The maximum Gasteiger partial charge on any atom is 0 e. The molecule has 0 N–H and O–H groups in total. The first-order valence-corrected chi connectivity index (χ1v) is 15.5. The van der Waals surface area contributed by atoms with Gasteiger partial charge in [-0.05, 0) is 47.7 Å². The van der Waals surface area contributed by atoms with E-state index in [-0.39, 0.29) is 58.2 Å². The molecule has 0 fully saturated rings. The summed E-state index contributed by atoms with van der Waals surface area (Å²) in [7, 11) is -0.892. The van der Waals surface area contributed by atoms with Crippen LogP contribution in [0.15, 0.2) is 182 Å². The summed E-state index contributed by atoms with van der Waals surface area (Å²) in [5, 5.41) is 8.39. The second-order valence-corrected chi connectivity index (χ2v) is 13.1. The van der Waals surface area contributed by atoms with Gasteiger partial charge in [0.15, 0.2) is 0 Å². The number of rotatable bonds is 6. The monoisotopic (exact) mass is 670 g/mol. The van der Waals surface area contributed by atoms with Crippen LogP contribution in [0.2, 0.25) is 0 Å². The molecular weight excluding hydrogens is 641 g/mol. The molecule has 6 rings (SSSR count). The molecule has 0 radical (unpaired) electrons. The topological polar surface area (TPSA) is 0 Å². The molecule has 0 saturated heterocycles. The molecule has 0 aliphatic carbocycles. The van der Waals surface area contributed by atoms with Crippen LogP contribution < -0.4 is 31.8 Å². The Hall–Kier alpha value is -1.90. The molecule has 4 heteroatoms. The van der Waals surface area contributed by atoms with Crippen LogP contribution in [0.25, 0.3) is 0 Å². The molecule has 0 nitrogen and oxygen atoms in total. The van der Waals surface area contributed by atoms with Gasteiger partial charge >= 0.3 is 0 Å². The third kappa shape index (κ3) is 9.05. The second-order valence-electron chi connectivity index (χ2n) is 8.68. The predicted octanol–water partition coefficient (Wildman–Crippen LogP) is 6.89. The van der Waals surface area contributed by atoms with Gasteiger partial charge in [-0.15, -0.1) is 0 Å². The van der Waals surface area contributed by atoms with Crippen molar-refractivity contribution >= 4 is 47.7 Å². The smallest absolute Gasteiger partial charge is 0 e.